The average Bonchev–Trinajstić information content (AvgIpc) is 1.93. The first-order valence-electron chi connectivity index (χ1n) is 31.0. The molecular weight excluding hydrogens is 1230 g/mol. The van der Waals surface area contributed by atoms with Gasteiger partial charge in [-0.3, -0.25) is 14.4 Å². The molecule has 0 saturated carbocycles. The number of hydrogen-bond acceptors (Lipinski definition) is 21. The average molecular weight is 1340 g/mol. The van der Waals surface area contributed by atoms with Gasteiger partial charge >= 0.3 is 35.8 Å². The van der Waals surface area contributed by atoms with Crippen LogP contribution in [0.2, 0.25) is 0 Å². The highest BCUT2D eigenvalue weighted by Crippen LogP contribution is 2.32. The minimum atomic E-state index is -0.481. The molecule has 95 heavy (non-hydrogen) atoms. The third-order valence-electron chi connectivity index (χ3n) is 12.5. The summed E-state index contributed by atoms with van der Waals surface area (Å²) in [6.07, 6.45) is 14.0. The molecule has 1 aromatic rings. The third kappa shape index (κ3) is 58.1. The molecule has 5 rings (SSSR count). The van der Waals surface area contributed by atoms with E-state index in [0.717, 1.165) is 64.1 Å². The van der Waals surface area contributed by atoms with Crippen LogP contribution in [0.25, 0.3) is 6.08 Å². The number of carbonyl (C=O) groups is 9. The van der Waals surface area contributed by atoms with E-state index in [1.807, 2.05) is 50.3 Å². The van der Waals surface area contributed by atoms with Crippen molar-refractivity contribution >= 4 is 59.5 Å². The number of benzene rings is 1. The maximum absolute atomic E-state index is 11.1. The number of aliphatic hydroxyl groups is 1. The van der Waals surface area contributed by atoms with Crippen molar-refractivity contribution in [2.45, 2.75) is 107 Å². The summed E-state index contributed by atoms with van der Waals surface area (Å²) in [5.74, 6) is -2.11. The number of ketones is 1. The number of allylic oxidation sites excluding steroid dienone is 1. The standard InChI is InChI=1S/C10H16O3.C9H17NO2.C9H14O3.C8H12O3.C8H8.C7H10O3.C7H12O.C6H10O3.C5H9NO.C3H5NO/c1-4-10(5-12-6-10)7-13-9(11)8(2)3;1-4-9(11)12-8-7-10(5-2)6-3;1-3-8(10)12-7-9(4-2)5-11-6-9;1-2-8(9)11-6-7-4-3-5-10-7;1-2-8-6-4-3-5-7-8;1-5(2)7(8)10-4-6-3-9-6;1-4-7(8)5-6(2)3;1-5(2)6(8)9-4-3-7;1-4-5(7)6(2)3;1-2-3(4)5/h2,4-7H2,1,3H3;4H,1,5-8H2,2-3H3;3H,1,4-7H2,2H3;2,7H,1,3-6H2;2-7H,1H2;6H,1,3-4H2,2H3;4,6H,1,5H2,2-3H3;7H,1,3-4H2,2H3;4H,1H2,2-3H3;2H,1H2,(H2,4,5). The van der Waals surface area contributed by atoms with Crippen LogP contribution in [0.4, 0.5) is 0 Å². The molecule has 0 aromatic heterocycles. The van der Waals surface area contributed by atoms with Gasteiger partial charge in [-0.2, -0.15) is 0 Å². The van der Waals surface area contributed by atoms with E-state index in [4.69, 9.17) is 47.7 Å². The van der Waals surface area contributed by atoms with E-state index >= 15 is 0 Å². The zero-order valence-electron chi connectivity index (χ0n) is 58.8. The highest BCUT2D eigenvalue weighted by Gasteiger charge is 2.39. The zero-order chi connectivity index (χ0) is 73.8. The van der Waals surface area contributed by atoms with Gasteiger partial charge in [0.25, 0.3) is 0 Å². The molecule has 23 nitrogen and oxygen atoms in total. The quantitative estimate of drug-likeness (QED) is 0.0327. The van der Waals surface area contributed by atoms with E-state index in [1.54, 1.807) is 34.9 Å². The van der Waals surface area contributed by atoms with Crippen molar-refractivity contribution in [1.82, 2.24) is 9.80 Å². The number of likely N-dealkylation sites (N-methyl/N-ethyl adjacent to an activating group) is 2. The maximum Gasteiger partial charge on any atom is 0.333 e. The molecule has 0 bridgehead atoms. The second-order valence-corrected chi connectivity index (χ2v) is 21.6. The van der Waals surface area contributed by atoms with Gasteiger partial charge in [0.15, 0.2) is 5.78 Å². The number of epoxide rings is 1. The molecule has 4 heterocycles. The molecule has 2 atom stereocenters. The molecule has 4 fully saturated rings. The van der Waals surface area contributed by atoms with Crippen LogP contribution in [-0.2, 0) is 90.5 Å². The van der Waals surface area contributed by atoms with Crippen LogP contribution in [0, 0.1) is 16.7 Å². The van der Waals surface area contributed by atoms with Crippen molar-refractivity contribution in [1.29, 1.82) is 0 Å². The number of hydrogen-bond donors (Lipinski definition) is 2. The molecule has 1 aromatic carbocycles. The molecule has 3 N–H and O–H groups in total. The van der Waals surface area contributed by atoms with E-state index < -0.39 is 11.9 Å². The molecule has 4 aliphatic rings. The molecule has 2 amide bonds. The number of primary amides is 1. The summed E-state index contributed by atoms with van der Waals surface area (Å²) < 4.78 is 49.1. The van der Waals surface area contributed by atoms with Gasteiger partial charge in [0, 0.05) is 68.6 Å². The van der Waals surface area contributed by atoms with Crippen molar-refractivity contribution in [2.75, 3.05) is 120 Å². The lowest BCUT2D eigenvalue weighted by Gasteiger charge is -2.39. The van der Waals surface area contributed by atoms with Gasteiger partial charge in [-0.15, -0.1) is 0 Å². The molecule has 0 spiro atoms. The second kappa shape index (κ2) is 60.7. The zero-order valence-corrected chi connectivity index (χ0v) is 58.8. The number of amides is 2. The largest absolute Gasteiger partial charge is 0.462 e. The lowest BCUT2D eigenvalue weighted by Crippen LogP contribution is -2.46. The van der Waals surface area contributed by atoms with Gasteiger partial charge in [0.05, 0.1) is 56.6 Å². The Morgan fingerprint density at radius 2 is 1.05 bits per heavy atom. The highest BCUT2D eigenvalue weighted by atomic mass is 16.6. The van der Waals surface area contributed by atoms with Gasteiger partial charge < -0.3 is 68.0 Å². The van der Waals surface area contributed by atoms with Crippen molar-refractivity contribution in [3.8, 4) is 0 Å². The Morgan fingerprint density at radius 3 is 1.36 bits per heavy atom. The summed E-state index contributed by atoms with van der Waals surface area (Å²) in [6.45, 7) is 59.9. The lowest BCUT2D eigenvalue weighted by atomic mass is 9.84. The van der Waals surface area contributed by atoms with Gasteiger partial charge in [0.1, 0.15) is 45.7 Å². The first-order valence-corrected chi connectivity index (χ1v) is 31.0. The Labute approximate surface area is 566 Å². The molecule has 4 aliphatic heterocycles. The van der Waals surface area contributed by atoms with E-state index in [2.05, 4.69) is 109 Å². The Balaban J connectivity index is -0.000000319. The monoisotopic (exact) mass is 1340 g/mol. The van der Waals surface area contributed by atoms with Gasteiger partial charge in [-0.05, 0) is 89.3 Å². The normalized spacial score (nSPS) is 14.5. The minimum Gasteiger partial charge on any atom is -0.462 e. The fraction of sp³-hybridized carbons (Fsp3) is 0.514. The molecular formula is C72H113N3O20. The molecule has 4 saturated heterocycles. The van der Waals surface area contributed by atoms with E-state index in [9.17, 15) is 43.2 Å². The SMILES string of the molecule is C=C(C)C(=O)OCC1(CC)COC1.C=C(C)C(=O)OCC1CO1.C=C(C)C(=O)OCCO.C=CC(=O)CC(C)C.C=CC(=O)N(C)C.C=CC(=O)OCC1(CC)COC1.C=CC(=O)OCC1CCCO1.C=CC(=O)OCCN(CC)CC.C=CC(N)=O.C=Cc1ccccc1. The Hall–Kier alpha value is -8.19. The number of nitrogens with two attached hydrogens (primary N) is 1. The molecule has 536 valence electrons. The number of esters is 6. The summed E-state index contributed by atoms with van der Waals surface area (Å²) in [6, 6.07) is 10.0. The fourth-order valence-electron chi connectivity index (χ4n) is 6.04. The molecule has 0 radical (unpaired) electrons. The Kier molecular flexibility index (Phi) is 61.1. The number of nitrogens with zero attached hydrogens (tertiary/aromatic N) is 2. The minimum absolute atomic E-state index is 0.0473. The van der Waals surface area contributed by atoms with Crippen LogP contribution in [0.5, 0.6) is 0 Å². The topological polar surface area (TPSA) is 302 Å². The summed E-state index contributed by atoms with van der Waals surface area (Å²) in [4.78, 5) is 98.1. The van der Waals surface area contributed by atoms with Crippen molar-refractivity contribution in [3.63, 3.8) is 0 Å². The maximum atomic E-state index is 11.1. The number of carbonyl (C=O) groups excluding carboxylic acids is 9. The fourth-order valence-corrected chi connectivity index (χ4v) is 6.04. The van der Waals surface area contributed by atoms with Gasteiger partial charge in [0.2, 0.25) is 11.8 Å². The molecule has 23 heteroatoms. The van der Waals surface area contributed by atoms with Crippen LogP contribution in [0.1, 0.15) is 100.0 Å². The summed E-state index contributed by atoms with van der Waals surface area (Å²) in [7, 11) is 3.37. The molecule has 0 aliphatic carbocycles. The van der Waals surface area contributed by atoms with Gasteiger partial charge in [-0.1, -0.05) is 144 Å². The van der Waals surface area contributed by atoms with Crippen molar-refractivity contribution in [3.05, 3.63) is 155 Å². The number of rotatable bonds is 29. The van der Waals surface area contributed by atoms with Crippen LogP contribution in [-0.4, -0.2) is 200 Å². The summed E-state index contributed by atoms with van der Waals surface area (Å²) >= 11 is 0. The van der Waals surface area contributed by atoms with E-state index in [1.165, 1.54) is 34.8 Å². The summed E-state index contributed by atoms with van der Waals surface area (Å²) in [5, 5.41) is 8.19. The van der Waals surface area contributed by atoms with Crippen molar-refractivity contribution in [2.24, 2.45) is 22.5 Å². The Bertz CT molecular complexity index is 2470. The van der Waals surface area contributed by atoms with Crippen LogP contribution in [0.3, 0.4) is 0 Å². The smallest absolute Gasteiger partial charge is 0.333 e. The first kappa shape index (κ1) is 95.5. The van der Waals surface area contributed by atoms with Crippen LogP contribution >= 0.6 is 0 Å². The van der Waals surface area contributed by atoms with Crippen molar-refractivity contribution < 1.29 is 95.6 Å². The first-order chi connectivity index (χ1) is 44.8. The number of aliphatic hydroxyl groups excluding tert-OH is 1. The number of ether oxygens (including phenoxy) is 10. The van der Waals surface area contributed by atoms with Gasteiger partial charge in [-0.25, -0.2) is 28.8 Å². The van der Waals surface area contributed by atoms with E-state index in [-0.39, 0.29) is 77.8 Å². The van der Waals surface area contributed by atoms with Crippen LogP contribution < -0.4 is 5.73 Å². The second-order valence-electron chi connectivity index (χ2n) is 21.6. The highest BCUT2D eigenvalue weighted by molar-refractivity contribution is 5.89. The predicted octanol–water partition coefficient (Wildman–Crippen LogP) is 9.26. The lowest BCUT2D eigenvalue weighted by molar-refractivity contribution is -0.167. The Morgan fingerprint density at radius 1 is 0.611 bits per heavy atom. The predicted molar refractivity (Wildman–Crippen MR) is 371 cm³/mol. The third-order valence-corrected chi connectivity index (χ3v) is 12.5. The molecule has 2 unspecified atom stereocenters. The van der Waals surface area contributed by atoms with Crippen LogP contribution in [0.15, 0.2) is 149 Å². The van der Waals surface area contributed by atoms with E-state index in [0.29, 0.717) is 95.1 Å². The summed E-state index contributed by atoms with van der Waals surface area (Å²) in [5.41, 5.74) is 7.10.